The molecule has 2 nitrogen and oxygen atoms in total. The molecule has 0 aromatic carbocycles. The number of halogens is 1. The molecular formula is C8H15FO2. The van der Waals surface area contributed by atoms with Gasteiger partial charge in [0, 0.05) is 12.5 Å². The predicted molar refractivity (Wildman–Crippen MR) is 40.1 cm³/mol. The zero-order chi connectivity index (χ0) is 8.27. The first-order valence-electron chi connectivity index (χ1n) is 4.11. The van der Waals surface area contributed by atoms with E-state index in [1.54, 1.807) is 0 Å². The number of ether oxygens (including phenoxy) is 1. The van der Waals surface area contributed by atoms with Crippen LogP contribution in [-0.2, 0) is 4.74 Å². The van der Waals surface area contributed by atoms with Gasteiger partial charge in [-0.1, -0.05) is 0 Å². The molecule has 1 saturated heterocycles. The van der Waals surface area contributed by atoms with Gasteiger partial charge in [0.15, 0.2) is 0 Å². The molecule has 0 aromatic heterocycles. The summed E-state index contributed by atoms with van der Waals surface area (Å²) in [7, 11) is 0. The van der Waals surface area contributed by atoms with Crippen molar-refractivity contribution >= 4 is 0 Å². The maximum absolute atomic E-state index is 13.1. The molecule has 3 unspecified atom stereocenters. The van der Waals surface area contributed by atoms with Gasteiger partial charge in [0.2, 0.25) is 0 Å². The van der Waals surface area contributed by atoms with E-state index in [4.69, 9.17) is 9.84 Å². The lowest BCUT2D eigenvalue weighted by molar-refractivity contribution is -0.0205. The lowest BCUT2D eigenvalue weighted by Gasteiger charge is -2.26. The van der Waals surface area contributed by atoms with Crippen LogP contribution < -0.4 is 0 Å². The van der Waals surface area contributed by atoms with Crippen LogP contribution in [0.15, 0.2) is 0 Å². The number of rotatable bonds is 2. The van der Waals surface area contributed by atoms with E-state index in [1.165, 1.54) is 6.92 Å². The van der Waals surface area contributed by atoms with E-state index in [0.29, 0.717) is 6.61 Å². The normalized spacial score (nSPS) is 31.4. The number of aliphatic hydroxyl groups is 1. The van der Waals surface area contributed by atoms with Gasteiger partial charge in [0.1, 0.15) is 6.17 Å². The molecule has 0 bridgehead atoms. The van der Waals surface area contributed by atoms with Crippen LogP contribution in [0.3, 0.4) is 0 Å². The number of hydrogen-bond acceptors (Lipinski definition) is 2. The van der Waals surface area contributed by atoms with Crippen LogP contribution in [0.5, 0.6) is 0 Å². The third-order valence-corrected chi connectivity index (χ3v) is 2.11. The largest absolute Gasteiger partial charge is 0.390 e. The number of hydrogen-bond donors (Lipinski definition) is 1. The summed E-state index contributed by atoms with van der Waals surface area (Å²) < 4.78 is 18.2. The molecule has 0 radical (unpaired) electrons. The van der Waals surface area contributed by atoms with Gasteiger partial charge < -0.3 is 9.84 Å². The Kier molecular flexibility index (Phi) is 3.27. The van der Waals surface area contributed by atoms with E-state index >= 15 is 0 Å². The maximum atomic E-state index is 13.1. The van der Waals surface area contributed by atoms with Crippen molar-refractivity contribution in [2.75, 3.05) is 13.2 Å². The van der Waals surface area contributed by atoms with Crippen LogP contribution in [0.25, 0.3) is 0 Å². The minimum absolute atomic E-state index is 0.0938. The molecule has 0 amide bonds. The zero-order valence-electron chi connectivity index (χ0n) is 6.79. The monoisotopic (exact) mass is 162 g/mol. The minimum atomic E-state index is -1.12. The van der Waals surface area contributed by atoms with E-state index in [0.717, 1.165) is 19.4 Å². The summed E-state index contributed by atoms with van der Waals surface area (Å²) in [6, 6.07) is 0. The average molecular weight is 162 g/mol. The van der Waals surface area contributed by atoms with Crippen molar-refractivity contribution in [3.8, 4) is 0 Å². The molecule has 66 valence electrons. The second kappa shape index (κ2) is 4.02. The summed E-state index contributed by atoms with van der Waals surface area (Å²) in [5.41, 5.74) is 0. The molecule has 0 aromatic rings. The SMILES string of the molecule is CC(O)C(F)C1CCCOC1. The van der Waals surface area contributed by atoms with Gasteiger partial charge >= 0.3 is 0 Å². The fourth-order valence-electron chi connectivity index (χ4n) is 1.41. The molecule has 0 aliphatic carbocycles. The summed E-state index contributed by atoms with van der Waals surface area (Å²) in [6.45, 7) is 2.69. The summed E-state index contributed by atoms with van der Waals surface area (Å²) in [6.07, 6.45) is -0.221. The molecule has 1 aliphatic rings. The van der Waals surface area contributed by atoms with Crippen molar-refractivity contribution in [1.82, 2.24) is 0 Å². The smallest absolute Gasteiger partial charge is 0.131 e. The highest BCUT2D eigenvalue weighted by atomic mass is 19.1. The molecule has 1 fully saturated rings. The van der Waals surface area contributed by atoms with Crippen LogP contribution in [-0.4, -0.2) is 30.6 Å². The average Bonchev–Trinajstić information content (AvgIpc) is 2.05. The predicted octanol–water partition coefficient (Wildman–Crippen LogP) is 1.13. The first-order chi connectivity index (χ1) is 5.22. The Morgan fingerprint density at radius 3 is 2.82 bits per heavy atom. The van der Waals surface area contributed by atoms with Crippen LogP contribution in [0, 0.1) is 5.92 Å². The van der Waals surface area contributed by atoms with Crippen LogP contribution in [0.2, 0.25) is 0 Å². The lowest BCUT2D eigenvalue weighted by atomic mass is 9.94. The zero-order valence-corrected chi connectivity index (χ0v) is 6.79. The van der Waals surface area contributed by atoms with Crippen molar-refractivity contribution in [1.29, 1.82) is 0 Å². The summed E-state index contributed by atoms with van der Waals surface area (Å²) in [5, 5.41) is 8.94. The van der Waals surface area contributed by atoms with Crippen molar-refractivity contribution in [3.05, 3.63) is 0 Å². The summed E-state index contributed by atoms with van der Waals surface area (Å²) >= 11 is 0. The second-order valence-electron chi connectivity index (χ2n) is 3.16. The fraction of sp³-hybridized carbons (Fsp3) is 1.00. The molecule has 11 heavy (non-hydrogen) atoms. The van der Waals surface area contributed by atoms with Gasteiger partial charge in [-0.25, -0.2) is 4.39 Å². The number of aliphatic hydroxyl groups excluding tert-OH is 1. The highest BCUT2D eigenvalue weighted by Gasteiger charge is 2.27. The van der Waals surface area contributed by atoms with Gasteiger partial charge in [-0.2, -0.15) is 0 Å². The molecule has 0 spiro atoms. The van der Waals surface area contributed by atoms with Gasteiger partial charge in [-0.15, -0.1) is 0 Å². The van der Waals surface area contributed by atoms with Crippen LogP contribution in [0.1, 0.15) is 19.8 Å². The highest BCUT2D eigenvalue weighted by Crippen LogP contribution is 2.21. The first kappa shape index (κ1) is 8.94. The molecule has 0 saturated carbocycles. The molecule has 3 heteroatoms. The molecule has 1 heterocycles. The standard InChI is InChI=1S/C8H15FO2/c1-6(10)8(9)7-3-2-4-11-5-7/h6-8,10H,2-5H2,1H3. The Morgan fingerprint density at radius 2 is 2.36 bits per heavy atom. The van der Waals surface area contributed by atoms with Gasteiger partial charge in [-0.3, -0.25) is 0 Å². The Hall–Kier alpha value is -0.150. The van der Waals surface area contributed by atoms with Gasteiger partial charge in [-0.05, 0) is 19.8 Å². The third kappa shape index (κ3) is 2.42. The molecule has 1 aliphatic heterocycles. The van der Waals surface area contributed by atoms with E-state index < -0.39 is 12.3 Å². The quantitative estimate of drug-likeness (QED) is 0.659. The number of alkyl halides is 1. The van der Waals surface area contributed by atoms with Crippen molar-refractivity contribution < 1.29 is 14.2 Å². The van der Waals surface area contributed by atoms with E-state index in [2.05, 4.69) is 0 Å². The van der Waals surface area contributed by atoms with Gasteiger partial charge in [0.25, 0.3) is 0 Å². The van der Waals surface area contributed by atoms with E-state index in [1.807, 2.05) is 0 Å². The molecule has 1 rings (SSSR count). The molecule has 3 atom stereocenters. The second-order valence-corrected chi connectivity index (χ2v) is 3.16. The van der Waals surface area contributed by atoms with Crippen LogP contribution in [0.4, 0.5) is 4.39 Å². The third-order valence-electron chi connectivity index (χ3n) is 2.11. The van der Waals surface area contributed by atoms with Crippen molar-refractivity contribution in [2.24, 2.45) is 5.92 Å². The van der Waals surface area contributed by atoms with Crippen molar-refractivity contribution in [3.63, 3.8) is 0 Å². The summed E-state index contributed by atoms with van der Waals surface area (Å²) in [4.78, 5) is 0. The first-order valence-corrected chi connectivity index (χ1v) is 4.11. The van der Waals surface area contributed by atoms with Crippen LogP contribution >= 0.6 is 0 Å². The van der Waals surface area contributed by atoms with E-state index in [9.17, 15) is 4.39 Å². The summed E-state index contributed by atoms with van der Waals surface area (Å²) in [5.74, 6) is -0.0938. The molecular weight excluding hydrogens is 147 g/mol. The topological polar surface area (TPSA) is 29.5 Å². The highest BCUT2D eigenvalue weighted by molar-refractivity contribution is 4.75. The lowest BCUT2D eigenvalue weighted by Crippen LogP contribution is -2.33. The Balaban J connectivity index is 2.32. The Bertz CT molecular complexity index is 111. The fourth-order valence-corrected chi connectivity index (χ4v) is 1.41. The van der Waals surface area contributed by atoms with Gasteiger partial charge in [0.05, 0.1) is 12.7 Å². The van der Waals surface area contributed by atoms with Crippen molar-refractivity contribution in [2.45, 2.75) is 32.0 Å². The molecule has 1 N–H and O–H groups in total. The van der Waals surface area contributed by atoms with E-state index in [-0.39, 0.29) is 5.92 Å². The Labute approximate surface area is 66.4 Å². The Morgan fingerprint density at radius 1 is 1.64 bits per heavy atom. The minimum Gasteiger partial charge on any atom is -0.390 e. The maximum Gasteiger partial charge on any atom is 0.131 e.